The van der Waals surface area contributed by atoms with E-state index in [-0.39, 0.29) is 22.0 Å². The number of nitro groups is 1. The largest absolute Gasteiger partial charge is 0.366 e. The van der Waals surface area contributed by atoms with Gasteiger partial charge in [-0.25, -0.2) is 0 Å². The number of H-pyrrole nitrogens is 1. The topological polar surface area (TPSA) is 96.3 Å². The van der Waals surface area contributed by atoms with Crippen LogP contribution in [0.5, 0.6) is 0 Å². The fourth-order valence-electron chi connectivity index (χ4n) is 3.19. The summed E-state index contributed by atoms with van der Waals surface area (Å²) in [5, 5.41) is 11.6. The predicted octanol–water partition coefficient (Wildman–Crippen LogP) is 2.56. The van der Waals surface area contributed by atoms with Crippen molar-refractivity contribution in [1.82, 2.24) is 4.98 Å². The fourth-order valence-corrected chi connectivity index (χ4v) is 4.08. The first kappa shape index (κ1) is 21.0. The van der Waals surface area contributed by atoms with Crippen molar-refractivity contribution in [3.63, 3.8) is 0 Å². The van der Waals surface area contributed by atoms with Crippen LogP contribution in [0.15, 0.2) is 23.0 Å². The zero-order valence-corrected chi connectivity index (χ0v) is 17.7. The minimum Gasteiger partial charge on any atom is -0.366 e. The molecular weight excluding hydrogens is 390 g/mol. The number of nitrogens with zero attached hydrogens (tertiary/aromatic N) is 2. The highest BCUT2D eigenvalue weighted by Gasteiger charge is 2.21. The SMILES string of the molecule is CC(C)(C)C(=O)/C=c1\[nH]c(=O)/c(=C/c2ccc(N3CCCCC3)c([N+](=O)[O-])c2)s1. The van der Waals surface area contributed by atoms with E-state index in [1.165, 1.54) is 23.5 Å². The van der Waals surface area contributed by atoms with Crippen LogP contribution in [-0.4, -0.2) is 28.8 Å². The van der Waals surface area contributed by atoms with Gasteiger partial charge in [0.25, 0.3) is 11.2 Å². The molecule has 3 rings (SSSR count). The Morgan fingerprint density at radius 1 is 1.24 bits per heavy atom. The van der Waals surface area contributed by atoms with Gasteiger partial charge in [0.1, 0.15) is 5.69 Å². The molecule has 1 fully saturated rings. The maximum absolute atomic E-state index is 12.3. The Bertz CT molecular complexity index is 1100. The number of hydrogen-bond acceptors (Lipinski definition) is 6. The van der Waals surface area contributed by atoms with Crippen LogP contribution in [0.1, 0.15) is 45.6 Å². The Hall–Kier alpha value is -2.74. The van der Waals surface area contributed by atoms with Gasteiger partial charge in [-0.15, -0.1) is 11.3 Å². The summed E-state index contributed by atoms with van der Waals surface area (Å²) in [5.41, 5.74) is 0.402. The highest BCUT2D eigenvalue weighted by Crippen LogP contribution is 2.31. The second-order valence-electron chi connectivity index (χ2n) is 8.24. The molecule has 0 aliphatic carbocycles. The Labute approximate surface area is 172 Å². The lowest BCUT2D eigenvalue weighted by atomic mass is 9.91. The third kappa shape index (κ3) is 5.00. The molecule has 1 aromatic carbocycles. The van der Waals surface area contributed by atoms with Crippen LogP contribution in [0, 0.1) is 15.5 Å². The number of hydrogen-bond donors (Lipinski definition) is 1. The molecule has 2 aromatic rings. The lowest BCUT2D eigenvalue weighted by Crippen LogP contribution is -2.29. The number of benzene rings is 1. The monoisotopic (exact) mass is 415 g/mol. The first-order chi connectivity index (χ1) is 13.6. The number of ketones is 1. The molecule has 29 heavy (non-hydrogen) atoms. The van der Waals surface area contributed by atoms with Crippen molar-refractivity contribution in [3.05, 3.63) is 53.4 Å². The summed E-state index contributed by atoms with van der Waals surface area (Å²) >= 11 is 1.17. The number of aromatic amines is 1. The Balaban J connectivity index is 2.00. The number of carbonyl (C=O) groups excluding carboxylic acids is 1. The summed E-state index contributed by atoms with van der Waals surface area (Å²) in [5.74, 6) is -0.0805. The van der Waals surface area contributed by atoms with Crippen molar-refractivity contribution in [1.29, 1.82) is 0 Å². The summed E-state index contributed by atoms with van der Waals surface area (Å²) in [7, 11) is 0. The van der Waals surface area contributed by atoms with Gasteiger partial charge in [-0.3, -0.25) is 19.7 Å². The highest BCUT2D eigenvalue weighted by atomic mass is 32.1. The van der Waals surface area contributed by atoms with Gasteiger partial charge in [0, 0.05) is 30.6 Å². The Kier molecular flexibility index (Phi) is 6.02. The molecule has 1 N–H and O–H groups in total. The van der Waals surface area contributed by atoms with Gasteiger partial charge >= 0.3 is 0 Å². The van der Waals surface area contributed by atoms with Crippen molar-refractivity contribution >= 4 is 40.6 Å². The van der Waals surface area contributed by atoms with Gasteiger partial charge in [0.2, 0.25) is 0 Å². The predicted molar refractivity (Wildman–Crippen MR) is 116 cm³/mol. The fraction of sp³-hybridized carbons (Fsp3) is 0.429. The first-order valence-electron chi connectivity index (χ1n) is 9.65. The van der Waals surface area contributed by atoms with E-state index in [0.29, 0.717) is 20.4 Å². The number of nitrogens with one attached hydrogen (secondary N) is 1. The molecule has 0 unspecified atom stereocenters. The summed E-state index contributed by atoms with van der Waals surface area (Å²) < 4.78 is 0.874. The number of nitro benzene ring substituents is 1. The van der Waals surface area contributed by atoms with Crippen molar-refractivity contribution in [2.24, 2.45) is 5.41 Å². The van der Waals surface area contributed by atoms with E-state index in [4.69, 9.17) is 0 Å². The van der Waals surface area contributed by atoms with Crippen LogP contribution in [0.3, 0.4) is 0 Å². The number of carbonyl (C=O) groups is 1. The second-order valence-corrected chi connectivity index (χ2v) is 9.32. The number of Topliss-reactive ketones (excluding diaryl/α,β-unsaturated/α-hetero) is 1. The summed E-state index contributed by atoms with van der Waals surface area (Å²) in [6.07, 6.45) is 6.26. The van der Waals surface area contributed by atoms with Crippen LogP contribution >= 0.6 is 11.3 Å². The van der Waals surface area contributed by atoms with E-state index >= 15 is 0 Å². The number of thiazole rings is 1. The molecular formula is C21H25N3O4S. The maximum atomic E-state index is 12.3. The number of anilines is 1. The van der Waals surface area contributed by atoms with Crippen molar-refractivity contribution in [2.45, 2.75) is 40.0 Å². The van der Waals surface area contributed by atoms with Crippen LogP contribution < -0.4 is 19.7 Å². The molecule has 154 valence electrons. The molecule has 0 bridgehead atoms. The molecule has 1 aliphatic rings. The molecule has 1 aromatic heterocycles. The van der Waals surface area contributed by atoms with E-state index in [1.807, 2.05) is 20.8 Å². The highest BCUT2D eigenvalue weighted by molar-refractivity contribution is 7.07. The molecule has 0 saturated carbocycles. The molecule has 1 aliphatic heterocycles. The van der Waals surface area contributed by atoms with Gasteiger partial charge in [-0.1, -0.05) is 26.8 Å². The van der Waals surface area contributed by atoms with Crippen molar-refractivity contribution < 1.29 is 9.72 Å². The van der Waals surface area contributed by atoms with Crippen LogP contribution in [0.25, 0.3) is 12.2 Å². The van der Waals surface area contributed by atoms with E-state index < -0.39 is 5.41 Å². The molecule has 0 spiro atoms. The maximum Gasteiger partial charge on any atom is 0.293 e. The molecule has 0 radical (unpaired) electrons. The summed E-state index contributed by atoms with van der Waals surface area (Å²) in [4.78, 5) is 40.4. The van der Waals surface area contributed by atoms with Crippen LogP contribution in [0.2, 0.25) is 0 Å². The average Bonchev–Trinajstić information content (AvgIpc) is 3.00. The zero-order chi connectivity index (χ0) is 21.2. The number of piperidine rings is 1. The molecule has 7 nitrogen and oxygen atoms in total. The normalized spacial score (nSPS) is 16.3. The van der Waals surface area contributed by atoms with Crippen molar-refractivity contribution in [2.75, 3.05) is 18.0 Å². The lowest BCUT2D eigenvalue weighted by molar-refractivity contribution is -0.384. The first-order valence-corrected chi connectivity index (χ1v) is 10.5. The summed E-state index contributed by atoms with van der Waals surface area (Å²) in [6, 6.07) is 5.06. The minimum atomic E-state index is -0.532. The third-order valence-corrected chi connectivity index (χ3v) is 5.84. The van der Waals surface area contributed by atoms with E-state index in [1.54, 1.807) is 18.2 Å². The number of aromatic nitrogens is 1. The average molecular weight is 416 g/mol. The quantitative estimate of drug-likeness (QED) is 0.612. The standard InChI is InChI=1S/C21H25N3O4S/c1-21(2,3)18(25)13-19-22-20(26)17(29-19)12-14-7-8-15(16(11-14)24(27)28)23-9-5-4-6-10-23/h7-8,11-13H,4-6,9-10H2,1-3H3,(H,22,26)/b17-12-,19-13+. The third-order valence-electron chi connectivity index (χ3n) is 4.87. The van der Waals surface area contributed by atoms with Crippen LogP contribution in [0.4, 0.5) is 11.4 Å². The molecule has 2 heterocycles. The summed E-state index contributed by atoms with van der Waals surface area (Å²) in [6.45, 7) is 7.07. The molecule has 0 atom stereocenters. The molecule has 1 saturated heterocycles. The van der Waals surface area contributed by atoms with Gasteiger partial charge in [0.15, 0.2) is 5.78 Å². The van der Waals surface area contributed by atoms with Gasteiger partial charge in [0.05, 0.1) is 14.1 Å². The Morgan fingerprint density at radius 2 is 1.93 bits per heavy atom. The lowest BCUT2D eigenvalue weighted by Gasteiger charge is -2.28. The number of rotatable bonds is 4. The van der Waals surface area contributed by atoms with Crippen LogP contribution in [-0.2, 0) is 4.79 Å². The minimum absolute atomic E-state index is 0.0448. The van der Waals surface area contributed by atoms with Gasteiger partial charge in [-0.05, 0) is 37.0 Å². The Morgan fingerprint density at radius 3 is 2.55 bits per heavy atom. The smallest absolute Gasteiger partial charge is 0.293 e. The molecule has 0 amide bonds. The zero-order valence-electron chi connectivity index (χ0n) is 16.9. The second kappa shape index (κ2) is 8.32. The van der Waals surface area contributed by atoms with Gasteiger partial charge in [-0.2, -0.15) is 0 Å². The van der Waals surface area contributed by atoms with E-state index in [2.05, 4.69) is 9.88 Å². The molecule has 8 heteroatoms. The van der Waals surface area contributed by atoms with Gasteiger partial charge < -0.3 is 9.88 Å². The van der Waals surface area contributed by atoms with E-state index in [9.17, 15) is 19.7 Å². The van der Waals surface area contributed by atoms with E-state index in [0.717, 1.165) is 32.4 Å². The van der Waals surface area contributed by atoms with Crippen molar-refractivity contribution in [3.8, 4) is 0 Å².